The minimum atomic E-state index is -4.43. The molecule has 30 heavy (non-hydrogen) atoms. The van der Waals surface area contributed by atoms with Gasteiger partial charge in [-0.3, -0.25) is 9.59 Å². The van der Waals surface area contributed by atoms with Crippen molar-refractivity contribution in [1.29, 1.82) is 0 Å². The topological polar surface area (TPSA) is 77.0 Å². The first-order valence-electron chi connectivity index (χ1n) is 10.3. The van der Waals surface area contributed by atoms with E-state index in [0.717, 1.165) is 32.7 Å². The largest absolute Gasteiger partial charge is 0.406 e. The van der Waals surface area contributed by atoms with Crippen molar-refractivity contribution in [2.24, 2.45) is 10.9 Å². The summed E-state index contributed by atoms with van der Waals surface area (Å²) in [6, 6.07) is 0.0848. The number of hydrogen-bond acceptors (Lipinski definition) is 3. The molecule has 2 N–H and O–H groups in total. The predicted octanol–water partition coefficient (Wildman–Crippen LogP) is 2.61. The van der Waals surface area contributed by atoms with E-state index in [1.807, 2.05) is 25.7 Å². The standard InChI is InChI=1S/C19H34F3N5O2.HI/c1-5-14(6-2)17(29)27-10-8-15(9-11-27)25-18(23-7-3)24-12-16(28)26(4)13-19(20,21)22;/h14-15H,5-13H2,1-4H3,(H2,23,24,25);1H. The van der Waals surface area contributed by atoms with Gasteiger partial charge in [0, 0.05) is 38.6 Å². The fourth-order valence-electron chi connectivity index (χ4n) is 3.28. The Morgan fingerprint density at radius 1 is 1.17 bits per heavy atom. The highest BCUT2D eigenvalue weighted by Gasteiger charge is 2.31. The number of nitrogens with one attached hydrogen (secondary N) is 2. The Morgan fingerprint density at radius 2 is 1.73 bits per heavy atom. The van der Waals surface area contributed by atoms with Crippen LogP contribution in [0.1, 0.15) is 46.5 Å². The molecular weight excluding hydrogens is 514 g/mol. The number of carbonyl (C=O) groups is 2. The predicted molar refractivity (Wildman–Crippen MR) is 122 cm³/mol. The van der Waals surface area contributed by atoms with Crippen molar-refractivity contribution >= 4 is 41.8 Å². The number of rotatable bonds is 8. The lowest BCUT2D eigenvalue weighted by Crippen LogP contribution is -2.50. The molecule has 0 aromatic carbocycles. The van der Waals surface area contributed by atoms with Crippen molar-refractivity contribution in [3.05, 3.63) is 0 Å². The maximum atomic E-state index is 12.5. The van der Waals surface area contributed by atoms with Crippen LogP contribution in [0, 0.1) is 5.92 Å². The van der Waals surface area contributed by atoms with Gasteiger partial charge in [0.05, 0.1) is 0 Å². The number of amides is 2. The van der Waals surface area contributed by atoms with Crippen molar-refractivity contribution in [2.75, 3.05) is 39.8 Å². The van der Waals surface area contributed by atoms with Crippen molar-refractivity contribution < 1.29 is 22.8 Å². The average molecular weight is 549 g/mol. The maximum Gasteiger partial charge on any atom is 0.406 e. The van der Waals surface area contributed by atoms with Crippen LogP contribution in [0.25, 0.3) is 0 Å². The lowest BCUT2D eigenvalue weighted by Gasteiger charge is -2.34. The van der Waals surface area contributed by atoms with Crippen LogP contribution in [0.4, 0.5) is 13.2 Å². The highest BCUT2D eigenvalue weighted by Crippen LogP contribution is 2.17. The van der Waals surface area contributed by atoms with Crippen molar-refractivity contribution in [1.82, 2.24) is 20.4 Å². The van der Waals surface area contributed by atoms with E-state index in [1.165, 1.54) is 0 Å². The number of likely N-dealkylation sites (tertiary alicyclic amines) is 1. The van der Waals surface area contributed by atoms with Gasteiger partial charge < -0.3 is 20.4 Å². The summed E-state index contributed by atoms with van der Waals surface area (Å²) in [5.74, 6) is -0.0402. The molecule has 0 atom stereocenters. The summed E-state index contributed by atoms with van der Waals surface area (Å²) in [7, 11) is 1.11. The monoisotopic (exact) mass is 549 g/mol. The number of nitrogens with zero attached hydrogens (tertiary/aromatic N) is 3. The van der Waals surface area contributed by atoms with E-state index in [9.17, 15) is 22.8 Å². The van der Waals surface area contributed by atoms with Gasteiger partial charge >= 0.3 is 6.18 Å². The summed E-state index contributed by atoms with van der Waals surface area (Å²) >= 11 is 0. The number of guanidine groups is 1. The fraction of sp³-hybridized carbons (Fsp3) is 0.842. The van der Waals surface area contributed by atoms with Gasteiger partial charge in [0.25, 0.3) is 0 Å². The van der Waals surface area contributed by atoms with Crippen molar-refractivity contribution in [3.8, 4) is 0 Å². The third kappa shape index (κ3) is 10.2. The molecular formula is C19H35F3IN5O2. The molecule has 2 amide bonds. The van der Waals surface area contributed by atoms with Gasteiger partial charge in [0.15, 0.2) is 5.96 Å². The maximum absolute atomic E-state index is 12.5. The molecule has 0 saturated carbocycles. The van der Waals surface area contributed by atoms with E-state index in [2.05, 4.69) is 15.6 Å². The Morgan fingerprint density at radius 3 is 2.20 bits per heavy atom. The number of aliphatic imine (C=N–C) groups is 1. The van der Waals surface area contributed by atoms with Gasteiger partial charge in [0.1, 0.15) is 13.1 Å². The van der Waals surface area contributed by atoms with Crippen LogP contribution in [-0.4, -0.2) is 79.6 Å². The SMILES string of the molecule is CCNC(=NCC(=O)N(C)CC(F)(F)F)NC1CCN(C(=O)C(CC)CC)CC1.I. The summed E-state index contributed by atoms with van der Waals surface area (Å²) < 4.78 is 37.2. The summed E-state index contributed by atoms with van der Waals surface area (Å²) in [4.78, 5) is 31.0. The minimum Gasteiger partial charge on any atom is -0.357 e. The molecule has 1 rings (SSSR count). The molecule has 7 nitrogen and oxygen atoms in total. The molecule has 1 saturated heterocycles. The number of carbonyl (C=O) groups excluding carboxylic acids is 2. The summed E-state index contributed by atoms with van der Waals surface area (Å²) in [6.07, 6.45) is -1.27. The first-order chi connectivity index (χ1) is 13.6. The second-order valence-electron chi connectivity index (χ2n) is 7.32. The zero-order valence-corrected chi connectivity index (χ0v) is 20.5. The van der Waals surface area contributed by atoms with Crippen LogP contribution in [0.15, 0.2) is 4.99 Å². The Labute approximate surface area is 194 Å². The van der Waals surface area contributed by atoms with Crippen molar-refractivity contribution in [2.45, 2.75) is 58.7 Å². The van der Waals surface area contributed by atoms with Crippen molar-refractivity contribution in [3.63, 3.8) is 0 Å². The zero-order chi connectivity index (χ0) is 22.0. The summed E-state index contributed by atoms with van der Waals surface area (Å²) in [5, 5.41) is 6.23. The number of piperidine rings is 1. The van der Waals surface area contributed by atoms with Crippen LogP contribution in [0.5, 0.6) is 0 Å². The lowest BCUT2D eigenvalue weighted by molar-refractivity contribution is -0.157. The molecule has 0 bridgehead atoms. The van der Waals surface area contributed by atoms with Gasteiger partial charge in [-0.1, -0.05) is 13.8 Å². The second kappa shape index (κ2) is 13.9. The van der Waals surface area contributed by atoms with E-state index in [1.54, 1.807) is 0 Å². The van der Waals surface area contributed by atoms with Crippen LogP contribution in [-0.2, 0) is 9.59 Å². The molecule has 0 aromatic rings. The molecule has 1 aliphatic rings. The Bertz CT molecular complexity index is 563. The van der Waals surface area contributed by atoms with Gasteiger partial charge in [-0.25, -0.2) is 4.99 Å². The number of likely N-dealkylation sites (N-methyl/N-ethyl adjacent to an activating group) is 1. The first-order valence-corrected chi connectivity index (χ1v) is 10.3. The molecule has 1 heterocycles. The molecule has 0 unspecified atom stereocenters. The molecule has 11 heteroatoms. The van der Waals surface area contributed by atoms with E-state index >= 15 is 0 Å². The molecule has 0 aliphatic carbocycles. The summed E-state index contributed by atoms with van der Waals surface area (Å²) in [5.41, 5.74) is 0. The first kappa shape index (κ1) is 28.7. The average Bonchev–Trinajstić information content (AvgIpc) is 2.66. The van der Waals surface area contributed by atoms with E-state index < -0.39 is 18.6 Å². The van der Waals surface area contributed by atoms with Gasteiger partial charge in [-0.2, -0.15) is 13.2 Å². The van der Waals surface area contributed by atoms with Gasteiger partial charge in [-0.05, 0) is 32.6 Å². The second-order valence-corrected chi connectivity index (χ2v) is 7.32. The molecule has 1 fully saturated rings. The van der Waals surface area contributed by atoms with E-state index in [-0.39, 0.29) is 48.4 Å². The molecule has 0 aromatic heterocycles. The highest BCUT2D eigenvalue weighted by atomic mass is 127. The van der Waals surface area contributed by atoms with Crippen LogP contribution < -0.4 is 10.6 Å². The fourth-order valence-corrected chi connectivity index (χ4v) is 3.28. The van der Waals surface area contributed by atoms with E-state index in [4.69, 9.17) is 0 Å². The van der Waals surface area contributed by atoms with Crippen LogP contribution >= 0.6 is 24.0 Å². The normalized spacial score (nSPS) is 15.6. The lowest BCUT2D eigenvalue weighted by atomic mass is 9.98. The smallest absolute Gasteiger partial charge is 0.357 e. The zero-order valence-electron chi connectivity index (χ0n) is 18.2. The van der Waals surface area contributed by atoms with Gasteiger partial charge in [-0.15, -0.1) is 24.0 Å². The Hall–Kier alpha value is -1.27. The minimum absolute atomic E-state index is 0. The third-order valence-electron chi connectivity index (χ3n) is 5.04. The quantitative estimate of drug-likeness (QED) is 0.278. The molecule has 0 radical (unpaired) electrons. The summed E-state index contributed by atoms with van der Waals surface area (Å²) in [6.45, 7) is 6.11. The number of hydrogen-bond donors (Lipinski definition) is 2. The molecule has 1 aliphatic heterocycles. The number of halogens is 4. The van der Waals surface area contributed by atoms with Crippen LogP contribution in [0.2, 0.25) is 0 Å². The van der Waals surface area contributed by atoms with E-state index in [0.29, 0.717) is 30.5 Å². The van der Waals surface area contributed by atoms with Crippen LogP contribution in [0.3, 0.4) is 0 Å². The Kier molecular flexibility index (Phi) is 13.3. The number of alkyl halides is 3. The highest BCUT2D eigenvalue weighted by molar-refractivity contribution is 14.0. The Balaban J connectivity index is 0.00000841. The van der Waals surface area contributed by atoms with Gasteiger partial charge in [0.2, 0.25) is 11.8 Å². The third-order valence-corrected chi connectivity index (χ3v) is 5.04. The molecule has 176 valence electrons. The molecule has 0 spiro atoms.